The summed E-state index contributed by atoms with van der Waals surface area (Å²) in [5, 5.41) is 15.3. The lowest BCUT2D eigenvalue weighted by Gasteiger charge is -2.13. The molecule has 0 unspecified atom stereocenters. The Kier molecular flexibility index (Phi) is 5.41. The second-order valence-corrected chi connectivity index (χ2v) is 6.62. The number of rotatable bonds is 6. The number of benzene rings is 2. The number of tetrazole rings is 1. The highest BCUT2D eigenvalue weighted by Gasteiger charge is 2.12. The van der Waals surface area contributed by atoms with Gasteiger partial charge in [0.05, 0.1) is 6.04 Å². The molecule has 0 radical (unpaired) electrons. The molecule has 0 aliphatic carbocycles. The molecule has 2 aromatic carbocycles. The van der Waals surface area contributed by atoms with Gasteiger partial charge in [-0.25, -0.2) is 0 Å². The first-order valence-electron chi connectivity index (χ1n) is 8.75. The minimum atomic E-state index is -0.152. The molecule has 0 aliphatic rings. The first-order valence-corrected chi connectivity index (χ1v) is 8.75. The Balaban J connectivity index is 1.62. The van der Waals surface area contributed by atoms with Gasteiger partial charge >= 0.3 is 0 Å². The van der Waals surface area contributed by atoms with Crippen LogP contribution in [0.5, 0.6) is 0 Å². The van der Waals surface area contributed by atoms with Gasteiger partial charge in [0.2, 0.25) is 11.7 Å². The van der Waals surface area contributed by atoms with Gasteiger partial charge in [0.1, 0.15) is 6.54 Å². The van der Waals surface area contributed by atoms with E-state index in [9.17, 15) is 4.79 Å². The van der Waals surface area contributed by atoms with E-state index in [1.807, 2.05) is 49.4 Å². The standard InChI is InChI=1S/C20H23N5O/c1-14(2)16-9-11-18(12-10-16)20-22-24-25(23-20)13-19(26)21-15(3)17-7-5-4-6-8-17/h4-12,14-15H,13H2,1-3H3,(H,21,26)/t15-/m1/s1. The third-order valence-electron chi connectivity index (χ3n) is 4.25. The Morgan fingerprint density at radius 2 is 1.69 bits per heavy atom. The highest BCUT2D eigenvalue weighted by Crippen LogP contribution is 2.19. The lowest BCUT2D eigenvalue weighted by atomic mass is 10.0. The van der Waals surface area contributed by atoms with Gasteiger partial charge in [-0.15, -0.1) is 10.2 Å². The van der Waals surface area contributed by atoms with Crippen molar-refractivity contribution < 1.29 is 4.79 Å². The average Bonchev–Trinajstić information content (AvgIpc) is 3.10. The van der Waals surface area contributed by atoms with E-state index in [1.54, 1.807) is 0 Å². The van der Waals surface area contributed by atoms with Crippen molar-refractivity contribution in [3.8, 4) is 11.4 Å². The summed E-state index contributed by atoms with van der Waals surface area (Å²) in [7, 11) is 0. The number of carbonyl (C=O) groups excluding carboxylic acids is 1. The van der Waals surface area contributed by atoms with E-state index in [2.05, 4.69) is 46.7 Å². The summed E-state index contributed by atoms with van der Waals surface area (Å²) in [5.41, 5.74) is 3.20. The lowest BCUT2D eigenvalue weighted by Crippen LogP contribution is -2.30. The molecule has 26 heavy (non-hydrogen) atoms. The zero-order valence-corrected chi connectivity index (χ0v) is 15.3. The van der Waals surface area contributed by atoms with E-state index >= 15 is 0 Å². The predicted octanol–water partition coefficient (Wildman–Crippen LogP) is 3.34. The molecule has 1 aromatic heterocycles. The Bertz CT molecular complexity index is 855. The summed E-state index contributed by atoms with van der Waals surface area (Å²) < 4.78 is 0. The van der Waals surface area contributed by atoms with Crippen LogP contribution in [0.2, 0.25) is 0 Å². The highest BCUT2D eigenvalue weighted by molar-refractivity contribution is 5.76. The van der Waals surface area contributed by atoms with Gasteiger partial charge in [0, 0.05) is 5.56 Å². The van der Waals surface area contributed by atoms with Crippen LogP contribution in [0.3, 0.4) is 0 Å². The van der Waals surface area contributed by atoms with Crippen LogP contribution in [-0.4, -0.2) is 26.1 Å². The van der Waals surface area contributed by atoms with Crippen LogP contribution in [0.15, 0.2) is 54.6 Å². The van der Waals surface area contributed by atoms with Crippen molar-refractivity contribution in [3.05, 3.63) is 65.7 Å². The van der Waals surface area contributed by atoms with Gasteiger partial charge in [-0.05, 0) is 29.2 Å². The molecule has 3 aromatic rings. The van der Waals surface area contributed by atoms with Crippen LogP contribution < -0.4 is 5.32 Å². The molecule has 1 amide bonds. The minimum absolute atomic E-state index is 0.0360. The number of carbonyl (C=O) groups is 1. The summed E-state index contributed by atoms with van der Waals surface area (Å²) in [6.07, 6.45) is 0. The molecule has 0 saturated heterocycles. The SMILES string of the molecule is CC(C)c1ccc(-c2nnn(CC(=O)N[C@H](C)c3ccccc3)n2)cc1. The van der Waals surface area contributed by atoms with Crippen molar-refractivity contribution in [1.82, 2.24) is 25.5 Å². The number of nitrogens with zero attached hydrogens (tertiary/aromatic N) is 4. The zero-order valence-electron chi connectivity index (χ0n) is 15.3. The van der Waals surface area contributed by atoms with Crippen LogP contribution in [-0.2, 0) is 11.3 Å². The van der Waals surface area contributed by atoms with Crippen molar-refractivity contribution in [3.63, 3.8) is 0 Å². The van der Waals surface area contributed by atoms with Gasteiger partial charge < -0.3 is 5.32 Å². The fourth-order valence-corrected chi connectivity index (χ4v) is 2.68. The minimum Gasteiger partial charge on any atom is -0.348 e. The molecule has 0 aliphatic heterocycles. The van der Waals surface area contributed by atoms with E-state index in [0.29, 0.717) is 11.7 Å². The molecule has 6 heteroatoms. The first kappa shape index (κ1) is 17.8. The van der Waals surface area contributed by atoms with Crippen LogP contribution in [0.4, 0.5) is 0 Å². The van der Waals surface area contributed by atoms with Gasteiger partial charge in [-0.2, -0.15) is 4.80 Å². The molecular formula is C20H23N5O. The van der Waals surface area contributed by atoms with Gasteiger partial charge in [-0.1, -0.05) is 68.4 Å². The topological polar surface area (TPSA) is 72.7 Å². The smallest absolute Gasteiger partial charge is 0.244 e. The first-order chi connectivity index (χ1) is 12.5. The molecule has 0 bridgehead atoms. The Labute approximate surface area is 153 Å². The molecule has 3 rings (SSSR count). The quantitative estimate of drug-likeness (QED) is 0.741. The third kappa shape index (κ3) is 4.33. The summed E-state index contributed by atoms with van der Waals surface area (Å²) in [6.45, 7) is 6.29. The number of nitrogens with one attached hydrogen (secondary N) is 1. The maximum Gasteiger partial charge on any atom is 0.244 e. The largest absolute Gasteiger partial charge is 0.348 e. The normalized spacial score (nSPS) is 12.2. The Morgan fingerprint density at radius 3 is 2.35 bits per heavy atom. The molecule has 1 N–H and O–H groups in total. The predicted molar refractivity (Wildman–Crippen MR) is 100 cm³/mol. The summed E-state index contributed by atoms with van der Waals surface area (Å²) in [5.74, 6) is 0.840. The molecule has 6 nitrogen and oxygen atoms in total. The monoisotopic (exact) mass is 349 g/mol. The molecule has 0 saturated carbocycles. The molecule has 0 fully saturated rings. The van der Waals surface area contributed by atoms with E-state index < -0.39 is 0 Å². The maximum absolute atomic E-state index is 12.2. The summed E-state index contributed by atoms with van der Waals surface area (Å²) in [4.78, 5) is 13.5. The zero-order chi connectivity index (χ0) is 18.5. The maximum atomic E-state index is 12.2. The van der Waals surface area contributed by atoms with Crippen LogP contribution in [0.25, 0.3) is 11.4 Å². The number of amides is 1. The molecule has 1 heterocycles. The van der Waals surface area contributed by atoms with Crippen molar-refractivity contribution in [2.75, 3.05) is 0 Å². The molecule has 134 valence electrons. The summed E-state index contributed by atoms with van der Waals surface area (Å²) >= 11 is 0. The van der Waals surface area contributed by atoms with Crippen LogP contribution >= 0.6 is 0 Å². The Morgan fingerprint density at radius 1 is 1.00 bits per heavy atom. The van der Waals surface area contributed by atoms with Crippen LogP contribution in [0.1, 0.15) is 43.9 Å². The van der Waals surface area contributed by atoms with E-state index in [1.165, 1.54) is 10.4 Å². The van der Waals surface area contributed by atoms with Gasteiger partial charge in [-0.3, -0.25) is 4.79 Å². The van der Waals surface area contributed by atoms with Crippen LogP contribution in [0, 0.1) is 0 Å². The van der Waals surface area contributed by atoms with Crippen molar-refractivity contribution in [2.24, 2.45) is 0 Å². The van der Waals surface area contributed by atoms with Crippen molar-refractivity contribution >= 4 is 5.91 Å². The summed E-state index contributed by atoms with van der Waals surface area (Å²) in [6, 6.07) is 17.8. The number of hydrogen-bond donors (Lipinski definition) is 1. The van der Waals surface area contributed by atoms with Gasteiger partial charge in [0.25, 0.3) is 0 Å². The lowest BCUT2D eigenvalue weighted by molar-refractivity contribution is -0.122. The molecule has 1 atom stereocenters. The third-order valence-corrected chi connectivity index (χ3v) is 4.25. The Hall–Kier alpha value is -3.02. The number of aromatic nitrogens is 4. The second-order valence-electron chi connectivity index (χ2n) is 6.62. The molecular weight excluding hydrogens is 326 g/mol. The fraction of sp³-hybridized carbons (Fsp3) is 0.300. The van der Waals surface area contributed by atoms with E-state index in [4.69, 9.17) is 0 Å². The molecule has 0 spiro atoms. The number of hydrogen-bond acceptors (Lipinski definition) is 4. The highest BCUT2D eigenvalue weighted by atomic mass is 16.2. The average molecular weight is 349 g/mol. The van der Waals surface area contributed by atoms with E-state index in [0.717, 1.165) is 11.1 Å². The van der Waals surface area contributed by atoms with Crippen molar-refractivity contribution in [2.45, 2.75) is 39.3 Å². The van der Waals surface area contributed by atoms with E-state index in [-0.39, 0.29) is 18.5 Å². The fourth-order valence-electron chi connectivity index (χ4n) is 2.68. The van der Waals surface area contributed by atoms with Gasteiger partial charge in [0.15, 0.2) is 0 Å². The van der Waals surface area contributed by atoms with Crippen molar-refractivity contribution in [1.29, 1.82) is 0 Å². The second kappa shape index (κ2) is 7.91.